The minimum absolute atomic E-state index is 0.0616. The molecule has 1 saturated heterocycles. The second-order valence-corrected chi connectivity index (χ2v) is 9.75. The number of aromatic nitrogens is 1. The van der Waals surface area contributed by atoms with Gasteiger partial charge in [-0.25, -0.2) is 4.79 Å². The van der Waals surface area contributed by atoms with Gasteiger partial charge in [0, 0.05) is 35.6 Å². The number of nitrogens with zero attached hydrogens (tertiary/aromatic N) is 2. The lowest BCUT2D eigenvalue weighted by Gasteiger charge is -2.28. The largest absolute Gasteiger partial charge is 0.487 e. The predicted octanol–water partition coefficient (Wildman–Crippen LogP) is 6.99. The number of carbonyl (C=O) groups excluding carboxylic acids is 2. The van der Waals surface area contributed by atoms with Crippen LogP contribution in [-0.2, 0) is 16.1 Å². The van der Waals surface area contributed by atoms with Crippen molar-refractivity contribution in [3.63, 3.8) is 0 Å². The zero-order valence-corrected chi connectivity index (χ0v) is 22.2. The van der Waals surface area contributed by atoms with Crippen molar-refractivity contribution in [2.45, 2.75) is 32.8 Å². The van der Waals surface area contributed by atoms with Crippen LogP contribution in [0.4, 0.5) is 5.69 Å². The maximum atomic E-state index is 12.7. The van der Waals surface area contributed by atoms with Gasteiger partial charge in [0.1, 0.15) is 12.4 Å². The van der Waals surface area contributed by atoms with Crippen LogP contribution in [0.3, 0.4) is 0 Å². The Morgan fingerprint density at radius 2 is 1.74 bits per heavy atom. The maximum Gasteiger partial charge on any atom is 0.337 e. The first-order valence-electron chi connectivity index (χ1n) is 12.6. The van der Waals surface area contributed by atoms with Crippen molar-refractivity contribution in [3.8, 4) is 22.7 Å². The molecule has 2 heterocycles. The van der Waals surface area contributed by atoms with Crippen LogP contribution in [0.15, 0.2) is 78.9 Å². The third-order valence-corrected chi connectivity index (χ3v) is 7.05. The number of esters is 1. The summed E-state index contributed by atoms with van der Waals surface area (Å²) in [7, 11) is 1.36. The highest BCUT2D eigenvalue weighted by Crippen LogP contribution is 2.35. The van der Waals surface area contributed by atoms with Gasteiger partial charge < -0.3 is 18.9 Å². The van der Waals surface area contributed by atoms with Gasteiger partial charge in [-0.2, -0.15) is 0 Å². The van der Waals surface area contributed by atoms with E-state index in [1.54, 1.807) is 17.0 Å². The Bertz CT molecular complexity index is 1480. The summed E-state index contributed by atoms with van der Waals surface area (Å²) >= 11 is 6.64. The first-order chi connectivity index (χ1) is 18.4. The second kappa shape index (κ2) is 11.2. The number of amides is 1. The Balaban J connectivity index is 1.51. The van der Waals surface area contributed by atoms with Crippen LogP contribution in [0.2, 0.25) is 5.02 Å². The summed E-state index contributed by atoms with van der Waals surface area (Å²) in [6, 6.07) is 25.1. The molecule has 194 valence electrons. The van der Waals surface area contributed by atoms with Crippen molar-refractivity contribution < 1.29 is 19.1 Å². The van der Waals surface area contributed by atoms with Gasteiger partial charge in [0.05, 0.1) is 23.4 Å². The van der Waals surface area contributed by atoms with Gasteiger partial charge >= 0.3 is 5.97 Å². The molecule has 0 spiro atoms. The number of rotatable bonds is 7. The lowest BCUT2D eigenvalue weighted by atomic mass is 10.1. The van der Waals surface area contributed by atoms with Gasteiger partial charge in [-0.15, -0.1) is 0 Å². The summed E-state index contributed by atoms with van der Waals surface area (Å²) in [6.07, 6.45) is 2.31. The maximum absolute atomic E-state index is 12.7. The van der Waals surface area contributed by atoms with Gasteiger partial charge in [0.25, 0.3) is 0 Å². The summed E-state index contributed by atoms with van der Waals surface area (Å²) in [5, 5.41) is 0.506. The highest BCUT2D eigenvalue weighted by molar-refractivity contribution is 6.32. The summed E-state index contributed by atoms with van der Waals surface area (Å²) < 4.78 is 13.0. The molecule has 1 aliphatic heterocycles. The van der Waals surface area contributed by atoms with E-state index < -0.39 is 5.97 Å². The SMILES string of the molecule is COC(=O)c1cc(N2CCCCC2=O)cc(-n2c(C)ccc2-c2ccc(OCc3ccccc3)c(Cl)c2)c1. The Labute approximate surface area is 227 Å². The molecule has 1 amide bonds. The molecule has 5 rings (SSSR count). The first-order valence-corrected chi connectivity index (χ1v) is 13.0. The molecule has 1 fully saturated rings. The summed E-state index contributed by atoms with van der Waals surface area (Å²) in [5.74, 6) is 0.214. The van der Waals surface area contributed by atoms with Crippen molar-refractivity contribution in [1.29, 1.82) is 0 Å². The summed E-state index contributed by atoms with van der Waals surface area (Å²) in [4.78, 5) is 27.0. The molecule has 1 aromatic heterocycles. The summed E-state index contributed by atoms with van der Waals surface area (Å²) in [6.45, 7) is 3.05. The monoisotopic (exact) mass is 528 g/mol. The van der Waals surface area contributed by atoms with Crippen molar-refractivity contribution in [1.82, 2.24) is 4.57 Å². The molecule has 0 atom stereocenters. The number of methoxy groups -OCH3 is 1. The molecule has 7 heteroatoms. The summed E-state index contributed by atoms with van der Waals surface area (Å²) in [5.41, 5.74) is 5.67. The molecular formula is C31H29ClN2O4. The van der Waals surface area contributed by atoms with E-state index in [4.69, 9.17) is 21.1 Å². The van der Waals surface area contributed by atoms with Crippen LogP contribution >= 0.6 is 11.6 Å². The van der Waals surface area contributed by atoms with E-state index in [2.05, 4.69) is 4.57 Å². The van der Waals surface area contributed by atoms with Crippen molar-refractivity contribution in [3.05, 3.63) is 101 Å². The zero-order chi connectivity index (χ0) is 26.6. The van der Waals surface area contributed by atoms with Gasteiger partial charge in [0.15, 0.2) is 0 Å². The number of ether oxygens (including phenoxy) is 2. The van der Waals surface area contributed by atoms with E-state index in [1.165, 1.54) is 7.11 Å². The lowest BCUT2D eigenvalue weighted by molar-refractivity contribution is -0.119. The van der Waals surface area contributed by atoms with Crippen molar-refractivity contribution in [2.75, 3.05) is 18.6 Å². The Hall–Kier alpha value is -4.03. The Morgan fingerprint density at radius 1 is 0.947 bits per heavy atom. The number of hydrogen-bond acceptors (Lipinski definition) is 4. The van der Waals surface area contributed by atoms with Crippen LogP contribution in [-0.4, -0.2) is 30.1 Å². The van der Waals surface area contributed by atoms with Gasteiger partial charge in [-0.1, -0.05) is 41.9 Å². The fourth-order valence-electron chi connectivity index (χ4n) is 4.81. The molecule has 38 heavy (non-hydrogen) atoms. The number of aryl methyl sites for hydroxylation is 1. The molecule has 0 aliphatic carbocycles. The molecule has 0 N–H and O–H groups in total. The molecular weight excluding hydrogens is 500 g/mol. The Morgan fingerprint density at radius 3 is 2.47 bits per heavy atom. The van der Waals surface area contributed by atoms with Crippen LogP contribution in [0.5, 0.6) is 5.75 Å². The third-order valence-electron chi connectivity index (χ3n) is 6.76. The molecule has 1 aliphatic rings. The zero-order valence-electron chi connectivity index (χ0n) is 21.4. The van der Waals surface area contributed by atoms with E-state index in [0.29, 0.717) is 41.6 Å². The molecule has 6 nitrogen and oxygen atoms in total. The highest BCUT2D eigenvalue weighted by atomic mass is 35.5. The van der Waals surface area contributed by atoms with Crippen LogP contribution in [0.25, 0.3) is 16.9 Å². The molecule has 0 radical (unpaired) electrons. The quantitative estimate of drug-likeness (QED) is 0.243. The number of benzene rings is 3. The minimum Gasteiger partial charge on any atom is -0.487 e. The number of hydrogen-bond donors (Lipinski definition) is 0. The fourth-order valence-corrected chi connectivity index (χ4v) is 5.05. The van der Waals surface area contributed by atoms with Crippen LogP contribution in [0.1, 0.15) is 40.9 Å². The molecule has 0 saturated carbocycles. The van der Waals surface area contributed by atoms with E-state index in [9.17, 15) is 9.59 Å². The van der Waals surface area contributed by atoms with Crippen molar-refractivity contribution >= 4 is 29.2 Å². The molecule has 0 unspecified atom stereocenters. The van der Waals surface area contributed by atoms with Gasteiger partial charge in [0.2, 0.25) is 5.91 Å². The molecule has 3 aromatic carbocycles. The van der Waals surface area contributed by atoms with Crippen LogP contribution in [0, 0.1) is 6.92 Å². The third kappa shape index (κ3) is 5.31. The lowest BCUT2D eigenvalue weighted by Crippen LogP contribution is -2.35. The smallest absolute Gasteiger partial charge is 0.337 e. The van der Waals surface area contributed by atoms with Crippen LogP contribution < -0.4 is 9.64 Å². The number of carbonyl (C=O) groups is 2. The number of halogens is 1. The molecule has 0 bridgehead atoms. The first kappa shape index (κ1) is 25.6. The predicted molar refractivity (Wildman–Crippen MR) is 149 cm³/mol. The average Bonchev–Trinajstić information content (AvgIpc) is 3.33. The van der Waals surface area contributed by atoms with E-state index in [-0.39, 0.29) is 5.91 Å². The fraction of sp³-hybridized carbons (Fsp3) is 0.226. The molecule has 4 aromatic rings. The second-order valence-electron chi connectivity index (χ2n) is 9.35. The standard InChI is InChI=1S/C31H29ClN2O4/c1-21-11-13-28(23-12-14-29(27(32)18-23)38-20-22-8-4-3-5-9-22)34(21)26-17-24(31(36)37-2)16-25(19-26)33-15-7-6-10-30(33)35/h3-5,8-9,11-14,16-19H,6-7,10,15,20H2,1-2H3. The van der Waals surface area contributed by atoms with Gasteiger partial charge in [-0.3, -0.25) is 4.79 Å². The topological polar surface area (TPSA) is 60.8 Å². The van der Waals surface area contributed by atoms with Gasteiger partial charge in [-0.05, 0) is 73.9 Å². The number of anilines is 1. The highest BCUT2D eigenvalue weighted by Gasteiger charge is 2.23. The van der Waals surface area contributed by atoms with Crippen molar-refractivity contribution in [2.24, 2.45) is 0 Å². The van der Waals surface area contributed by atoms with E-state index in [0.717, 1.165) is 41.0 Å². The average molecular weight is 529 g/mol. The van der Waals surface area contributed by atoms with E-state index >= 15 is 0 Å². The normalized spacial score (nSPS) is 13.4. The Kier molecular flexibility index (Phi) is 7.52. The number of piperidine rings is 1. The minimum atomic E-state index is -0.452. The van der Waals surface area contributed by atoms with E-state index in [1.807, 2.05) is 73.7 Å².